The summed E-state index contributed by atoms with van der Waals surface area (Å²) in [5.41, 5.74) is 0.739. The highest BCUT2D eigenvalue weighted by molar-refractivity contribution is 5.86. The summed E-state index contributed by atoms with van der Waals surface area (Å²) < 4.78 is 5.44. The van der Waals surface area contributed by atoms with Crippen LogP contribution in [0.1, 0.15) is 31.2 Å². The first-order valence-electron chi connectivity index (χ1n) is 6.57. The van der Waals surface area contributed by atoms with Crippen LogP contribution in [-0.4, -0.2) is 24.7 Å². The minimum absolute atomic E-state index is 0.107. The Morgan fingerprint density at radius 3 is 2.84 bits per heavy atom. The van der Waals surface area contributed by atoms with Crippen LogP contribution in [0.4, 0.5) is 0 Å². The van der Waals surface area contributed by atoms with E-state index in [-0.39, 0.29) is 18.1 Å². The van der Waals surface area contributed by atoms with Crippen molar-refractivity contribution < 1.29 is 9.53 Å². The molecule has 19 heavy (non-hydrogen) atoms. The summed E-state index contributed by atoms with van der Waals surface area (Å²) in [6, 6.07) is 11.3. The Morgan fingerprint density at radius 2 is 2.21 bits per heavy atom. The van der Waals surface area contributed by atoms with Gasteiger partial charge in [0, 0.05) is 12.6 Å². The molecule has 3 unspecified atom stereocenters. The molecule has 1 heterocycles. The molecule has 0 spiro atoms. The van der Waals surface area contributed by atoms with Gasteiger partial charge in [0.1, 0.15) is 5.92 Å². The maximum Gasteiger partial charge on any atom is 0.242 e. The van der Waals surface area contributed by atoms with E-state index in [0.717, 1.165) is 18.4 Å². The van der Waals surface area contributed by atoms with E-state index < -0.39 is 5.92 Å². The summed E-state index contributed by atoms with van der Waals surface area (Å²) in [7, 11) is 0. The van der Waals surface area contributed by atoms with Crippen LogP contribution in [0, 0.1) is 11.3 Å². The zero-order valence-electron chi connectivity index (χ0n) is 11.0. The zero-order chi connectivity index (χ0) is 13.7. The van der Waals surface area contributed by atoms with Crippen LogP contribution in [0.25, 0.3) is 0 Å². The predicted octanol–water partition coefficient (Wildman–Crippen LogP) is 1.98. The molecule has 1 aliphatic heterocycles. The first-order valence-corrected chi connectivity index (χ1v) is 6.57. The van der Waals surface area contributed by atoms with E-state index >= 15 is 0 Å². The third-order valence-electron chi connectivity index (χ3n) is 3.36. The molecule has 1 fully saturated rings. The van der Waals surface area contributed by atoms with Crippen molar-refractivity contribution in [2.45, 2.75) is 37.8 Å². The van der Waals surface area contributed by atoms with Crippen molar-refractivity contribution in [3.05, 3.63) is 35.9 Å². The van der Waals surface area contributed by atoms with E-state index in [0.29, 0.717) is 6.61 Å². The Bertz CT molecular complexity index is 467. The molecular formula is C15H18N2O2. The fraction of sp³-hybridized carbons (Fsp3) is 0.467. The van der Waals surface area contributed by atoms with Crippen LogP contribution in [-0.2, 0) is 9.53 Å². The largest absolute Gasteiger partial charge is 0.378 e. The minimum Gasteiger partial charge on any atom is -0.378 e. The molecule has 4 heteroatoms. The number of carbonyl (C=O) groups excluding carboxylic acids is 1. The SMILES string of the molecule is CC1CC(NC(=O)C(C#N)c2ccccc2)CCO1. The lowest BCUT2D eigenvalue weighted by atomic mass is 9.98. The van der Waals surface area contributed by atoms with Gasteiger partial charge in [0.05, 0.1) is 12.2 Å². The van der Waals surface area contributed by atoms with Crippen LogP contribution in [0.15, 0.2) is 30.3 Å². The van der Waals surface area contributed by atoms with Crippen LogP contribution in [0.2, 0.25) is 0 Å². The summed E-state index contributed by atoms with van der Waals surface area (Å²) in [4.78, 5) is 12.2. The summed E-state index contributed by atoms with van der Waals surface area (Å²) in [6.45, 7) is 2.66. The molecule has 1 amide bonds. The average molecular weight is 258 g/mol. The van der Waals surface area contributed by atoms with E-state index in [2.05, 4.69) is 11.4 Å². The Balaban J connectivity index is 2.00. The van der Waals surface area contributed by atoms with E-state index in [1.165, 1.54) is 0 Å². The van der Waals surface area contributed by atoms with E-state index in [9.17, 15) is 10.1 Å². The van der Waals surface area contributed by atoms with Crippen LogP contribution in [0.3, 0.4) is 0 Å². The second kappa shape index (κ2) is 6.35. The molecule has 0 aliphatic carbocycles. The number of ether oxygens (including phenoxy) is 1. The number of rotatable bonds is 3. The number of hydrogen-bond donors (Lipinski definition) is 1. The molecular weight excluding hydrogens is 240 g/mol. The molecule has 100 valence electrons. The Kier molecular flexibility index (Phi) is 4.53. The number of amides is 1. The molecule has 1 aliphatic rings. The van der Waals surface area contributed by atoms with Crippen molar-refractivity contribution in [1.29, 1.82) is 5.26 Å². The molecule has 0 saturated carbocycles. The molecule has 0 radical (unpaired) electrons. The lowest BCUT2D eigenvalue weighted by molar-refractivity contribution is -0.123. The van der Waals surface area contributed by atoms with Gasteiger partial charge in [0.2, 0.25) is 5.91 Å². The highest BCUT2D eigenvalue weighted by Crippen LogP contribution is 2.18. The Morgan fingerprint density at radius 1 is 1.47 bits per heavy atom. The van der Waals surface area contributed by atoms with Gasteiger partial charge in [-0.25, -0.2) is 0 Å². The zero-order valence-corrected chi connectivity index (χ0v) is 11.0. The number of nitrogens with zero attached hydrogens (tertiary/aromatic N) is 1. The molecule has 1 aromatic rings. The fourth-order valence-electron chi connectivity index (χ4n) is 2.34. The summed E-state index contributed by atoms with van der Waals surface area (Å²) in [6.07, 6.45) is 1.78. The van der Waals surface area contributed by atoms with Gasteiger partial charge in [-0.2, -0.15) is 5.26 Å². The Hall–Kier alpha value is -1.86. The number of carbonyl (C=O) groups is 1. The van der Waals surface area contributed by atoms with Crippen LogP contribution >= 0.6 is 0 Å². The van der Waals surface area contributed by atoms with Gasteiger partial charge < -0.3 is 10.1 Å². The highest BCUT2D eigenvalue weighted by Gasteiger charge is 2.25. The van der Waals surface area contributed by atoms with Crippen molar-refractivity contribution in [1.82, 2.24) is 5.32 Å². The quantitative estimate of drug-likeness (QED) is 0.901. The monoisotopic (exact) mass is 258 g/mol. The van der Waals surface area contributed by atoms with E-state index in [1.807, 2.05) is 25.1 Å². The van der Waals surface area contributed by atoms with Gasteiger partial charge in [0.25, 0.3) is 0 Å². The predicted molar refractivity (Wildman–Crippen MR) is 71.4 cm³/mol. The fourth-order valence-corrected chi connectivity index (χ4v) is 2.34. The standard InChI is InChI=1S/C15H18N2O2/c1-11-9-13(7-8-19-11)17-15(18)14(10-16)12-5-3-2-4-6-12/h2-6,11,13-14H,7-9H2,1H3,(H,17,18). The van der Waals surface area contributed by atoms with Crippen molar-refractivity contribution in [2.75, 3.05) is 6.61 Å². The second-order valence-electron chi connectivity index (χ2n) is 4.88. The van der Waals surface area contributed by atoms with Crippen molar-refractivity contribution in [2.24, 2.45) is 0 Å². The maximum absolute atomic E-state index is 12.2. The Labute approximate surface area is 113 Å². The average Bonchev–Trinajstić information content (AvgIpc) is 2.41. The van der Waals surface area contributed by atoms with Crippen molar-refractivity contribution in [3.8, 4) is 6.07 Å². The summed E-state index contributed by atoms with van der Waals surface area (Å²) in [5, 5.41) is 12.2. The molecule has 0 bridgehead atoms. The van der Waals surface area contributed by atoms with Crippen LogP contribution < -0.4 is 5.32 Å². The molecule has 1 aromatic carbocycles. The molecule has 0 aromatic heterocycles. The van der Waals surface area contributed by atoms with Gasteiger partial charge in [-0.15, -0.1) is 0 Å². The second-order valence-corrected chi connectivity index (χ2v) is 4.88. The summed E-state index contributed by atoms with van der Waals surface area (Å²) in [5.74, 6) is -0.952. The van der Waals surface area contributed by atoms with Gasteiger partial charge in [-0.05, 0) is 25.3 Å². The number of benzene rings is 1. The van der Waals surface area contributed by atoms with Gasteiger partial charge in [-0.3, -0.25) is 4.79 Å². The van der Waals surface area contributed by atoms with Gasteiger partial charge in [-0.1, -0.05) is 30.3 Å². The third kappa shape index (κ3) is 3.55. The minimum atomic E-state index is -0.737. The molecule has 1 saturated heterocycles. The van der Waals surface area contributed by atoms with Gasteiger partial charge in [0.15, 0.2) is 0 Å². The van der Waals surface area contributed by atoms with Crippen molar-refractivity contribution in [3.63, 3.8) is 0 Å². The third-order valence-corrected chi connectivity index (χ3v) is 3.36. The van der Waals surface area contributed by atoms with E-state index in [4.69, 9.17) is 4.74 Å². The molecule has 1 N–H and O–H groups in total. The normalized spacial score (nSPS) is 24.2. The van der Waals surface area contributed by atoms with E-state index in [1.54, 1.807) is 12.1 Å². The molecule has 4 nitrogen and oxygen atoms in total. The summed E-state index contributed by atoms with van der Waals surface area (Å²) >= 11 is 0. The molecule has 2 rings (SSSR count). The van der Waals surface area contributed by atoms with Gasteiger partial charge >= 0.3 is 0 Å². The molecule has 3 atom stereocenters. The maximum atomic E-state index is 12.2. The number of nitrogens with one attached hydrogen (secondary N) is 1. The lowest BCUT2D eigenvalue weighted by Gasteiger charge is -2.28. The smallest absolute Gasteiger partial charge is 0.242 e. The first kappa shape index (κ1) is 13.6. The van der Waals surface area contributed by atoms with Crippen LogP contribution in [0.5, 0.6) is 0 Å². The number of nitriles is 1. The van der Waals surface area contributed by atoms with Crippen molar-refractivity contribution >= 4 is 5.91 Å². The highest BCUT2D eigenvalue weighted by atomic mass is 16.5. The number of hydrogen-bond acceptors (Lipinski definition) is 3. The first-order chi connectivity index (χ1) is 9.20. The lowest BCUT2D eigenvalue weighted by Crippen LogP contribution is -2.43. The topological polar surface area (TPSA) is 62.1 Å².